The molecule has 2 atom stereocenters. The highest BCUT2D eigenvalue weighted by atomic mass is 16.6. The van der Waals surface area contributed by atoms with Crippen LogP contribution in [-0.4, -0.2) is 66.7 Å². The van der Waals surface area contributed by atoms with Gasteiger partial charge in [-0.25, -0.2) is 14.5 Å². The summed E-state index contributed by atoms with van der Waals surface area (Å²) in [5, 5.41) is 0. The number of carbonyl (C=O) groups excluding carboxylic acids is 3. The molecule has 1 aliphatic heterocycles. The molecule has 1 fully saturated rings. The zero-order chi connectivity index (χ0) is 17.1. The van der Waals surface area contributed by atoms with E-state index in [2.05, 4.69) is 0 Å². The van der Waals surface area contributed by atoms with Crippen LogP contribution in [0.1, 0.15) is 34.1 Å². The summed E-state index contributed by atoms with van der Waals surface area (Å²) in [7, 11) is 3.67. The van der Waals surface area contributed by atoms with Crippen molar-refractivity contribution < 1.29 is 23.9 Å². The lowest BCUT2D eigenvalue weighted by Gasteiger charge is -2.26. The lowest BCUT2D eigenvalue weighted by molar-refractivity contribution is -0.151. The van der Waals surface area contributed by atoms with Crippen LogP contribution >= 0.6 is 0 Å². The van der Waals surface area contributed by atoms with Gasteiger partial charge in [-0.3, -0.25) is 4.79 Å². The minimum atomic E-state index is -0.910. The molecule has 1 heterocycles. The molecule has 0 aromatic heterocycles. The van der Waals surface area contributed by atoms with E-state index < -0.39 is 29.6 Å². The highest BCUT2D eigenvalue weighted by Gasteiger charge is 2.48. The zero-order valence-corrected chi connectivity index (χ0v) is 14.2. The van der Waals surface area contributed by atoms with E-state index >= 15 is 0 Å². The third-order valence-corrected chi connectivity index (χ3v) is 3.14. The first-order valence-electron chi connectivity index (χ1n) is 7.44. The number of esters is 1. The van der Waals surface area contributed by atoms with Gasteiger partial charge in [0.25, 0.3) is 0 Å². The van der Waals surface area contributed by atoms with Gasteiger partial charge in [0.1, 0.15) is 11.6 Å². The van der Waals surface area contributed by atoms with Gasteiger partial charge in [0.2, 0.25) is 5.91 Å². The maximum Gasteiger partial charge on any atom is 0.417 e. The molecule has 1 aliphatic rings. The summed E-state index contributed by atoms with van der Waals surface area (Å²) in [5.74, 6) is -1.37. The summed E-state index contributed by atoms with van der Waals surface area (Å²) < 4.78 is 10.2. The minimum absolute atomic E-state index is 0.198. The van der Waals surface area contributed by atoms with Crippen LogP contribution in [0.4, 0.5) is 4.79 Å². The summed E-state index contributed by atoms with van der Waals surface area (Å²) in [6.07, 6.45) is -0.536. The van der Waals surface area contributed by atoms with Gasteiger partial charge in [0.05, 0.1) is 12.5 Å². The first-order valence-corrected chi connectivity index (χ1v) is 7.44. The van der Waals surface area contributed by atoms with E-state index in [4.69, 9.17) is 9.47 Å². The Balaban J connectivity index is 2.98. The van der Waals surface area contributed by atoms with Crippen LogP contribution in [0.25, 0.3) is 0 Å². The predicted octanol–water partition coefficient (Wildman–Crippen LogP) is 1.26. The van der Waals surface area contributed by atoms with Gasteiger partial charge in [-0.1, -0.05) is 0 Å². The molecule has 0 bridgehead atoms. The van der Waals surface area contributed by atoms with E-state index in [-0.39, 0.29) is 18.9 Å². The van der Waals surface area contributed by atoms with Crippen molar-refractivity contribution in [2.75, 3.05) is 27.2 Å². The number of hydrogen-bond donors (Lipinski definition) is 0. The Morgan fingerprint density at radius 1 is 1.32 bits per heavy atom. The number of amides is 2. The maximum absolute atomic E-state index is 12.5. The summed E-state index contributed by atoms with van der Waals surface area (Å²) in [6, 6.07) is -0.910. The number of ether oxygens (including phenoxy) is 2. The van der Waals surface area contributed by atoms with Crippen LogP contribution in [0.5, 0.6) is 0 Å². The van der Waals surface area contributed by atoms with Gasteiger partial charge in [-0.2, -0.15) is 0 Å². The van der Waals surface area contributed by atoms with E-state index in [0.717, 1.165) is 4.90 Å². The van der Waals surface area contributed by atoms with Crippen molar-refractivity contribution in [3.63, 3.8) is 0 Å². The largest absolute Gasteiger partial charge is 0.464 e. The number of imide groups is 1. The molecule has 0 radical (unpaired) electrons. The smallest absolute Gasteiger partial charge is 0.417 e. The fourth-order valence-corrected chi connectivity index (χ4v) is 2.39. The number of nitrogens with zero attached hydrogens (tertiary/aromatic N) is 2. The molecule has 0 aromatic carbocycles. The number of hydrogen-bond acceptors (Lipinski definition) is 6. The van der Waals surface area contributed by atoms with Crippen LogP contribution in [0.3, 0.4) is 0 Å². The Hall–Kier alpha value is -1.63. The van der Waals surface area contributed by atoms with E-state index in [1.165, 1.54) is 0 Å². The highest BCUT2D eigenvalue weighted by Crippen LogP contribution is 2.28. The first kappa shape index (κ1) is 18.4. The van der Waals surface area contributed by atoms with Crippen LogP contribution in [0.15, 0.2) is 0 Å². The quantitative estimate of drug-likeness (QED) is 0.727. The van der Waals surface area contributed by atoms with Crippen molar-refractivity contribution in [3.8, 4) is 0 Å². The summed E-state index contributed by atoms with van der Waals surface area (Å²) >= 11 is 0. The SMILES string of the molecule is CCOC(=O)[C@H]1CC(CN(C)C)C(=O)N1C(=O)OC(C)(C)C. The Kier molecular flexibility index (Phi) is 5.93. The molecule has 22 heavy (non-hydrogen) atoms. The molecular formula is C15H26N2O5. The molecule has 0 saturated carbocycles. The minimum Gasteiger partial charge on any atom is -0.464 e. The Bertz CT molecular complexity index is 442. The molecule has 7 heteroatoms. The molecule has 2 amide bonds. The van der Waals surface area contributed by atoms with Crippen molar-refractivity contribution in [2.45, 2.75) is 45.8 Å². The molecule has 1 saturated heterocycles. The number of rotatable bonds is 4. The normalized spacial score (nSPS) is 22.1. The van der Waals surface area contributed by atoms with Crippen LogP contribution in [0, 0.1) is 5.92 Å². The topological polar surface area (TPSA) is 76.2 Å². The van der Waals surface area contributed by atoms with E-state index in [9.17, 15) is 14.4 Å². The lowest BCUT2D eigenvalue weighted by atomic mass is 10.0. The summed E-state index contributed by atoms with van der Waals surface area (Å²) in [5.41, 5.74) is -0.740. The van der Waals surface area contributed by atoms with Crippen molar-refractivity contribution in [3.05, 3.63) is 0 Å². The van der Waals surface area contributed by atoms with Gasteiger partial charge in [-0.15, -0.1) is 0 Å². The van der Waals surface area contributed by atoms with Gasteiger partial charge in [0.15, 0.2) is 0 Å². The Labute approximate surface area is 131 Å². The average molecular weight is 314 g/mol. The lowest BCUT2D eigenvalue weighted by Crippen LogP contribution is -2.46. The van der Waals surface area contributed by atoms with Gasteiger partial charge >= 0.3 is 12.1 Å². The van der Waals surface area contributed by atoms with Crippen molar-refractivity contribution in [2.24, 2.45) is 5.92 Å². The van der Waals surface area contributed by atoms with E-state index in [0.29, 0.717) is 6.54 Å². The van der Waals surface area contributed by atoms with Gasteiger partial charge in [-0.05, 0) is 48.2 Å². The molecule has 1 unspecified atom stereocenters. The summed E-state index contributed by atoms with van der Waals surface area (Å²) in [4.78, 5) is 39.6. The van der Waals surface area contributed by atoms with Crippen LogP contribution in [0.2, 0.25) is 0 Å². The third-order valence-electron chi connectivity index (χ3n) is 3.14. The molecule has 0 N–H and O–H groups in total. The van der Waals surface area contributed by atoms with Crippen molar-refractivity contribution in [1.29, 1.82) is 0 Å². The second kappa shape index (κ2) is 7.09. The standard InChI is InChI=1S/C15H26N2O5/c1-7-21-13(19)11-8-10(9-16(5)6)12(18)17(11)14(20)22-15(2,3)4/h10-11H,7-9H2,1-6H3/t10?,11-/m1/s1. The molecule has 0 aliphatic carbocycles. The molecule has 126 valence electrons. The zero-order valence-electron chi connectivity index (χ0n) is 14.2. The number of carbonyl (C=O) groups is 3. The molecule has 7 nitrogen and oxygen atoms in total. The van der Waals surface area contributed by atoms with Crippen molar-refractivity contribution in [1.82, 2.24) is 9.80 Å². The molecule has 0 spiro atoms. The van der Waals surface area contributed by atoms with E-state index in [1.807, 2.05) is 19.0 Å². The fraction of sp³-hybridized carbons (Fsp3) is 0.800. The third kappa shape index (κ3) is 4.69. The second-order valence-corrected chi connectivity index (χ2v) is 6.65. The molecule has 1 rings (SSSR count). The van der Waals surface area contributed by atoms with Crippen LogP contribution in [-0.2, 0) is 19.1 Å². The number of likely N-dealkylation sites (tertiary alicyclic amines) is 1. The first-order chi connectivity index (χ1) is 10.1. The fourth-order valence-electron chi connectivity index (χ4n) is 2.39. The monoisotopic (exact) mass is 314 g/mol. The Morgan fingerprint density at radius 3 is 2.36 bits per heavy atom. The predicted molar refractivity (Wildman–Crippen MR) is 80.2 cm³/mol. The van der Waals surface area contributed by atoms with Gasteiger partial charge < -0.3 is 14.4 Å². The second-order valence-electron chi connectivity index (χ2n) is 6.65. The van der Waals surface area contributed by atoms with Crippen molar-refractivity contribution >= 4 is 18.0 Å². The summed E-state index contributed by atoms with van der Waals surface area (Å²) in [6.45, 7) is 7.48. The molecule has 0 aromatic rings. The van der Waals surface area contributed by atoms with E-state index in [1.54, 1.807) is 27.7 Å². The molecular weight excluding hydrogens is 288 g/mol. The maximum atomic E-state index is 12.5. The highest BCUT2D eigenvalue weighted by molar-refractivity contribution is 6.00. The van der Waals surface area contributed by atoms with Gasteiger partial charge in [0, 0.05) is 6.54 Å². The Morgan fingerprint density at radius 2 is 1.91 bits per heavy atom. The average Bonchev–Trinajstić information content (AvgIpc) is 2.64. The van der Waals surface area contributed by atoms with Crippen LogP contribution < -0.4 is 0 Å².